The van der Waals surface area contributed by atoms with Crippen molar-refractivity contribution in [2.24, 2.45) is 0 Å². The van der Waals surface area contributed by atoms with Crippen LogP contribution < -0.4 is 4.74 Å². The lowest BCUT2D eigenvalue weighted by molar-refractivity contribution is -0.189. The van der Waals surface area contributed by atoms with E-state index in [2.05, 4.69) is 4.74 Å². The number of carbonyl (C=O) groups is 2. The fourth-order valence-electron chi connectivity index (χ4n) is 1.01. The molecule has 0 saturated heterocycles. The summed E-state index contributed by atoms with van der Waals surface area (Å²) in [7, 11) is 0. The first-order valence-corrected chi connectivity index (χ1v) is 4.39. The summed E-state index contributed by atoms with van der Waals surface area (Å²) in [5, 5.41) is 8.45. The molecule has 1 aromatic carbocycles. The Labute approximate surface area is 93.6 Å². The van der Waals surface area contributed by atoms with Gasteiger partial charge in [0, 0.05) is 0 Å². The molecule has 0 atom stereocenters. The molecule has 0 bridgehead atoms. The van der Waals surface area contributed by atoms with E-state index in [1.54, 1.807) is 0 Å². The molecule has 1 rings (SSSR count). The number of hydrogen-bond donors (Lipinski definition) is 1. The highest BCUT2D eigenvalue weighted by Crippen LogP contribution is 2.20. The Kier molecular flexibility index (Phi) is 3.72. The van der Waals surface area contributed by atoms with Crippen LogP contribution >= 0.6 is 0 Å². The first-order valence-electron chi connectivity index (χ1n) is 4.39. The molecule has 17 heavy (non-hydrogen) atoms. The number of benzene rings is 1. The van der Waals surface area contributed by atoms with Crippen LogP contribution in [0.25, 0.3) is 0 Å². The highest BCUT2D eigenvalue weighted by molar-refractivity contribution is 5.78. The molecule has 0 heterocycles. The van der Waals surface area contributed by atoms with Gasteiger partial charge in [-0.3, -0.25) is 4.79 Å². The van der Waals surface area contributed by atoms with Gasteiger partial charge in [-0.2, -0.15) is 13.2 Å². The molecule has 0 aliphatic carbocycles. The van der Waals surface area contributed by atoms with E-state index in [0.29, 0.717) is 5.56 Å². The van der Waals surface area contributed by atoms with Crippen molar-refractivity contribution < 1.29 is 32.6 Å². The molecule has 0 saturated carbocycles. The first-order chi connectivity index (χ1) is 7.79. The Hall–Kier alpha value is -2.05. The molecule has 7 heteroatoms. The second kappa shape index (κ2) is 4.86. The fourth-order valence-corrected chi connectivity index (χ4v) is 1.01. The number of alkyl halides is 3. The number of carboxylic acids is 1. The third-order valence-corrected chi connectivity index (χ3v) is 1.72. The van der Waals surface area contributed by atoms with Gasteiger partial charge in [0.25, 0.3) is 0 Å². The quantitative estimate of drug-likeness (QED) is 0.654. The monoisotopic (exact) mass is 248 g/mol. The van der Waals surface area contributed by atoms with Crippen molar-refractivity contribution in [3.63, 3.8) is 0 Å². The topological polar surface area (TPSA) is 63.6 Å². The van der Waals surface area contributed by atoms with E-state index in [0.717, 1.165) is 12.1 Å². The van der Waals surface area contributed by atoms with Crippen molar-refractivity contribution in [3.8, 4) is 5.75 Å². The normalized spacial score (nSPS) is 11.0. The lowest BCUT2D eigenvalue weighted by atomic mass is 10.1. The predicted molar refractivity (Wildman–Crippen MR) is 49.5 cm³/mol. The summed E-state index contributed by atoms with van der Waals surface area (Å²) in [6.07, 6.45) is -5.31. The van der Waals surface area contributed by atoms with Gasteiger partial charge in [0.15, 0.2) is 0 Å². The standard InChI is InChI=1S/C10H7F3O4/c11-10(12,13)9(16)17-7-3-1-6(2-4-7)5-8(14)15/h1-4H,5H2,(H,14,15). The number of ether oxygens (including phenoxy) is 1. The van der Waals surface area contributed by atoms with Crippen LogP contribution in [0.1, 0.15) is 5.56 Å². The maximum atomic E-state index is 11.8. The van der Waals surface area contributed by atoms with E-state index >= 15 is 0 Å². The smallest absolute Gasteiger partial charge is 0.481 e. The molecule has 4 nitrogen and oxygen atoms in total. The van der Waals surface area contributed by atoms with Crippen LogP contribution in [-0.4, -0.2) is 23.2 Å². The summed E-state index contributed by atoms with van der Waals surface area (Å²) < 4.78 is 39.5. The molecule has 0 spiro atoms. The van der Waals surface area contributed by atoms with Crippen molar-refractivity contribution in [2.75, 3.05) is 0 Å². The Morgan fingerprint density at radius 2 is 1.71 bits per heavy atom. The molecular weight excluding hydrogens is 241 g/mol. The molecule has 0 unspecified atom stereocenters. The van der Waals surface area contributed by atoms with Gasteiger partial charge >= 0.3 is 18.1 Å². The van der Waals surface area contributed by atoms with E-state index in [1.165, 1.54) is 12.1 Å². The zero-order chi connectivity index (χ0) is 13.1. The molecule has 0 aliphatic heterocycles. The van der Waals surface area contributed by atoms with Crippen molar-refractivity contribution >= 4 is 11.9 Å². The van der Waals surface area contributed by atoms with Gasteiger partial charge in [0.2, 0.25) is 0 Å². The van der Waals surface area contributed by atoms with Crippen LogP contribution in [0.15, 0.2) is 24.3 Å². The van der Waals surface area contributed by atoms with Crippen LogP contribution in [0.4, 0.5) is 13.2 Å². The van der Waals surface area contributed by atoms with Gasteiger partial charge in [-0.05, 0) is 17.7 Å². The van der Waals surface area contributed by atoms with E-state index in [9.17, 15) is 22.8 Å². The zero-order valence-corrected chi connectivity index (χ0v) is 8.32. The van der Waals surface area contributed by atoms with E-state index < -0.39 is 18.1 Å². The van der Waals surface area contributed by atoms with E-state index in [4.69, 9.17) is 5.11 Å². The highest BCUT2D eigenvalue weighted by Gasteiger charge is 2.41. The lowest BCUT2D eigenvalue weighted by Crippen LogP contribution is -2.27. The molecule has 0 radical (unpaired) electrons. The third kappa shape index (κ3) is 4.13. The zero-order valence-electron chi connectivity index (χ0n) is 8.32. The van der Waals surface area contributed by atoms with Crippen molar-refractivity contribution in [3.05, 3.63) is 29.8 Å². The second-order valence-electron chi connectivity index (χ2n) is 3.10. The number of esters is 1. The Morgan fingerprint density at radius 1 is 1.18 bits per heavy atom. The van der Waals surface area contributed by atoms with Crippen LogP contribution in [0.3, 0.4) is 0 Å². The minimum atomic E-state index is -5.06. The summed E-state index contributed by atoms with van der Waals surface area (Å²) in [5.74, 6) is -3.67. The Morgan fingerprint density at radius 3 is 2.12 bits per heavy atom. The highest BCUT2D eigenvalue weighted by atomic mass is 19.4. The SMILES string of the molecule is O=C(O)Cc1ccc(OC(=O)C(F)(F)F)cc1. The van der Waals surface area contributed by atoms with Crippen LogP contribution in [0.2, 0.25) is 0 Å². The van der Waals surface area contributed by atoms with Crippen molar-refractivity contribution in [2.45, 2.75) is 12.6 Å². The summed E-state index contributed by atoms with van der Waals surface area (Å²) in [5.41, 5.74) is 0.393. The molecule has 0 aliphatic rings. The number of aliphatic carboxylic acids is 1. The Balaban J connectivity index is 2.69. The predicted octanol–water partition coefficient (Wildman–Crippen LogP) is 1.78. The van der Waals surface area contributed by atoms with Crippen molar-refractivity contribution in [1.29, 1.82) is 0 Å². The molecule has 1 N–H and O–H groups in total. The summed E-state index contributed by atoms with van der Waals surface area (Å²) >= 11 is 0. The average Bonchev–Trinajstić information content (AvgIpc) is 2.18. The van der Waals surface area contributed by atoms with Gasteiger partial charge in [-0.25, -0.2) is 4.79 Å². The third-order valence-electron chi connectivity index (χ3n) is 1.72. The summed E-state index contributed by atoms with van der Waals surface area (Å²) in [4.78, 5) is 20.8. The maximum absolute atomic E-state index is 11.8. The van der Waals surface area contributed by atoms with Gasteiger partial charge in [0.05, 0.1) is 6.42 Å². The van der Waals surface area contributed by atoms with Gasteiger partial charge in [-0.1, -0.05) is 12.1 Å². The maximum Gasteiger partial charge on any atom is 0.491 e. The number of rotatable bonds is 3. The number of halogens is 3. The van der Waals surface area contributed by atoms with Crippen LogP contribution in [0.5, 0.6) is 5.75 Å². The fraction of sp³-hybridized carbons (Fsp3) is 0.200. The lowest BCUT2D eigenvalue weighted by Gasteiger charge is -2.06. The van der Waals surface area contributed by atoms with Gasteiger partial charge in [-0.15, -0.1) is 0 Å². The van der Waals surface area contributed by atoms with Crippen molar-refractivity contribution in [1.82, 2.24) is 0 Å². The number of carbonyl (C=O) groups excluding carboxylic acids is 1. The van der Waals surface area contributed by atoms with Gasteiger partial charge < -0.3 is 9.84 Å². The number of hydrogen-bond acceptors (Lipinski definition) is 3. The Bertz CT molecular complexity index is 422. The molecular formula is C10H7F3O4. The average molecular weight is 248 g/mol. The molecule has 1 aromatic rings. The van der Waals surface area contributed by atoms with E-state index in [1.807, 2.05) is 0 Å². The summed E-state index contributed by atoms with van der Waals surface area (Å²) in [6.45, 7) is 0. The minimum Gasteiger partial charge on any atom is -0.481 e. The van der Waals surface area contributed by atoms with Crippen LogP contribution in [0, 0.1) is 0 Å². The molecule has 0 fully saturated rings. The number of carboxylic acid groups (broad SMARTS) is 1. The molecule has 0 amide bonds. The minimum absolute atomic E-state index is 0.256. The summed E-state index contributed by atoms with van der Waals surface area (Å²) in [6, 6.07) is 4.74. The van der Waals surface area contributed by atoms with Crippen LogP contribution in [-0.2, 0) is 16.0 Å². The van der Waals surface area contributed by atoms with E-state index in [-0.39, 0.29) is 12.2 Å². The molecule has 92 valence electrons. The first kappa shape index (κ1) is 13.0. The largest absolute Gasteiger partial charge is 0.491 e. The van der Waals surface area contributed by atoms with Gasteiger partial charge in [0.1, 0.15) is 5.75 Å². The molecule has 0 aromatic heterocycles. The second-order valence-corrected chi connectivity index (χ2v) is 3.10.